The van der Waals surface area contributed by atoms with Gasteiger partial charge in [0.25, 0.3) is 0 Å². The van der Waals surface area contributed by atoms with E-state index in [9.17, 15) is 5.11 Å². The number of nitrogens with zero attached hydrogens (tertiary/aromatic N) is 2. The lowest BCUT2D eigenvalue weighted by Gasteiger charge is -2.25. The Morgan fingerprint density at radius 3 is 2.70 bits per heavy atom. The summed E-state index contributed by atoms with van der Waals surface area (Å²) in [5, 5.41) is 18.6. The zero-order chi connectivity index (χ0) is 14.5. The lowest BCUT2D eigenvalue weighted by atomic mass is 10.1. The molecule has 0 aromatic heterocycles. The summed E-state index contributed by atoms with van der Waals surface area (Å²) in [7, 11) is 0. The van der Waals surface area contributed by atoms with E-state index in [1.165, 1.54) is 0 Å². The van der Waals surface area contributed by atoms with Crippen LogP contribution in [0.4, 0.5) is 11.4 Å². The Morgan fingerprint density at radius 2 is 2.05 bits per heavy atom. The molecule has 0 saturated carbocycles. The third-order valence-corrected chi connectivity index (χ3v) is 3.97. The van der Waals surface area contributed by atoms with Crippen LogP contribution in [0.25, 0.3) is 0 Å². The molecule has 1 aliphatic rings. The third-order valence-electron chi connectivity index (χ3n) is 3.97. The van der Waals surface area contributed by atoms with Crippen molar-refractivity contribution in [2.45, 2.75) is 6.92 Å². The van der Waals surface area contributed by atoms with E-state index < -0.39 is 0 Å². The summed E-state index contributed by atoms with van der Waals surface area (Å²) < 4.78 is 0. The monoisotopic (exact) mass is 279 g/mol. The molecule has 1 unspecified atom stereocenters. The Morgan fingerprint density at radius 1 is 1.25 bits per heavy atom. The van der Waals surface area contributed by atoms with Crippen LogP contribution in [-0.4, -0.2) is 61.1 Å². The quantitative estimate of drug-likeness (QED) is 0.691. The molecule has 20 heavy (non-hydrogen) atoms. The van der Waals surface area contributed by atoms with E-state index >= 15 is 0 Å². The predicted molar refractivity (Wildman–Crippen MR) is 81.9 cm³/mol. The third kappa shape index (κ3) is 3.62. The van der Waals surface area contributed by atoms with Gasteiger partial charge in [0.2, 0.25) is 0 Å². The molecule has 5 nitrogen and oxygen atoms in total. The first-order chi connectivity index (χ1) is 9.63. The highest BCUT2D eigenvalue weighted by molar-refractivity contribution is 5.58. The number of aliphatic hydroxyl groups is 2. The van der Waals surface area contributed by atoms with E-state index in [2.05, 4.69) is 15.9 Å². The Bertz CT molecular complexity index is 439. The highest BCUT2D eigenvalue weighted by Crippen LogP contribution is 2.23. The second-order valence-corrected chi connectivity index (χ2v) is 5.56. The standard InChI is InChI=1S/C15H25N3O2/c1-12-8-14(2-3-15(12)16)18-5-4-17(6-7-19)9-13(10-18)11-20/h2-3,8,13,19-20H,4-7,9-11,16H2,1H3. The number of benzene rings is 1. The van der Waals surface area contributed by atoms with Crippen LogP contribution in [0.5, 0.6) is 0 Å². The summed E-state index contributed by atoms with van der Waals surface area (Å²) >= 11 is 0. The van der Waals surface area contributed by atoms with E-state index in [4.69, 9.17) is 10.8 Å². The minimum absolute atomic E-state index is 0.166. The van der Waals surface area contributed by atoms with Crippen molar-refractivity contribution in [1.82, 2.24) is 4.90 Å². The zero-order valence-corrected chi connectivity index (χ0v) is 12.1. The van der Waals surface area contributed by atoms with Gasteiger partial charge < -0.3 is 20.8 Å². The molecular formula is C15H25N3O2. The van der Waals surface area contributed by atoms with E-state index in [1.54, 1.807) is 0 Å². The summed E-state index contributed by atoms with van der Waals surface area (Å²) in [4.78, 5) is 4.51. The molecule has 1 heterocycles. The molecule has 0 amide bonds. The molecule has 1 saturated heterocycles. The molecule has 4 N–H and O–H groups in total. The SMILES string of the molecule is Cc1cc(N2CCN(CCO)CC(CO)C2)ccc1N. The molecule has 0 aliphatic carbocycles. The van der Waals surface area contributed by atoms with Crippen LogP contribution in [0, 0.1) is 12.8 Å². The van der Waals surface area contributed by atoms with Crippen molar-refractivity contribution in [3.05, 3.63) is 23.8 Å². The van der Waals surface area contributed by atoms with Crippen molar-refractivity contribution in [2.24, 2.45) is 5.92 Å². The molecular weight excluding hydrogens is 254 g/mol. The van der Waals surface area contributed by atoms with E-state index in [0.717, 1.165) is 43.1 Å². The maximum absolute atomic E-state index is 9.53. The first kappa shape index (κ1) is 15.1. The largest absolute Gasteiger partial charge is 0.399 e. The molecule has 0 spiro atoms. The molecule has 112 valence electrons. The summed E-state index contributed by atoms with van der Waals surface area (Å²) in [5.74, 6) is 0.210. The average molecular weight is 279 g/mol. The van der Waals surface area contributed by atoms with Crippen LogP contribution in [0.1, 0.15) is 5.56 Å². The van der Waals surface area contributed by atoms with Crippen LogP contribution < -0.4 is 10.6 Å². The summed E-state index contributed by atoms with van der Waals surface area (Å²) in [6, 6.07) is 6.08. The number of anilines is 2. The topological polar surface area (TPSA) is 73.0 Å². The second-order valence-electron chi connectivity index (χ2n) is 5.56. The Labute approximate surface area is 120 Å². The van der Waals surface area contributed by atoms with Crippen molar-refractivity contribution >= 4 is 11.4 Å². The Hall–Kier alpha value is -1.30. The summed E-state index contributed by atoms with van der Waals surface area (Å²) in [6.07, 6.45) is 0. The van der Waals surface area contributed by atoms with Crippen molar-refractivity contribution in [2.75, 3.05) is 56.6 Å². The molecule has 1 atom stereocenters. The van der Waals surface area contributed by atoms with E-state index in [1.807, 2.05) is 19.1 Å². The molecule has 2 rings (SSSR count). The average Bonchev–Trinajstić information content (AvgIpc) is 2.65. The zero-order valence-electron chi connectivity index (χ0n) is 12.1. The van der Waals surface area contributed by atoms with Gasteiger partial charge in [-0.3, -0.25) is 4.90 Å². The molecule has 5 heteroatoms. The van der Waals surface area contributed by atoms with Crippen molar-refractivity contribution in [1.29, 1.82) is 0 Å². The number of aliphatic hydroxyl groups excluding tert-OH is 2. The van der Waals surface area contributed by atoms with Crippen molar-refractivity contribution < 1.29 is 10.2 Å². The molecule has 1 aromatic carbocycles. The van der Waals surface area contributed by atoms with Gasteiger partial charge in [-0.15, -0.1) is 0 Å². The minimum atomic E-state index is 0.166. The van der Waals surface area contributed by atoms with Crippen LogP contribution in [0.2, 0.25) is 0 Å². The second kappa shape index (κ2) is 6.92. The van der Waals surface area contributed by atoms with Gasteiger partial charge >= 0.3 is 0 Å². The normalized spacial score (nSPS) is 20.9. The number of nitrogen functional groups attached to an aromatic ring is 1. The van der Waals surface area contributed by atoms with Crippen molar-refractivity contribution in [3.8, 4) is 0 Å². The van der Waals surface area contributed by atoms with Gasteiger partial charge in [0.05, 0.1) is 6.61 Å². The molecule has 0 bridgehead atoms. The number of hydrogen-bond acceptors (Lipinski definition) is 5. The summed E-state index contributed by atoms with van der Waals surface area (Å²) in [6.45, 7) is 6.50. The van der Waals surface area contributed by atoms with Crippen LogP contribution in [-0.2, 0) is 0 Å². The van der Waals surface area contributed by atoms with Crippen LogP contribution in [0.15, 0.2) is 18.2 Å². The van der Waals surface area contributed by atoms with Crippen molar-refractivity contribution in [3.63, 3.8) is 0 Å². The van der Waals surface area contributed by atoms with Crippen LogP contribution in [0.3, 0.4) is 0 Å². The number of rotatable bonds is 4. The first-order valence-corrected chi connectivity index (χ1v) is 7.19. The minimum Gasteiger partial charge on any atom is -0.399 e. The Kier molecular flexibility index (Phi) is 5.23. The molecule has 1 aromatic rings. The fourth-order valence-corrected chi connectivity index (χ4v) is 2.73. The van der Waals surface area contributed by atoms with Gasteiger partial charge in [-0.25, -0.2) is 0 Å². The molecule has 1 aliphatic heterocycles. The fourth-order valence-electron chi connectivity index (χ4n) is 2.73. The van der Waals surface area contributed by atoms with Gasteiger partial charge in [-0.05, 0) is 30.7 Å². The maximum atomic E-state index is 9.53. The number of aryl methyl sites for hydroxylation is 1. The van der Waals surface area contributed by atoms with E-state index in [-0.39, 0.29) is 19.1 Å². The van der Waals surface area contributed by atoms with Gasteiger partial charge in [-0.1, -0.05) is 0 Å². The Balaban J connectivity index is 2.12. The number of hydrogen-bond donors (Lipinski definition) is 3. The first-order valence-electron chi connectivity index (χ1n) is 7.19. The fraction of sp³-hybridized carbons (Fsp3) is 0.600. The molecule has 0 radical (unpaired) electrons. The highest BCUT2D eigenvalue weighted by atomic mass is 16.3. The maximum Gasteiger partial charge on any atom is 0.0558 e. The number of β-amino-alcohol motifs (C(OH)–C–C–N with tert-alkyl or cyclic N) is 1. The number of nitrogens with two attached hydrogens (primary N) is 1. The smallest absolute Gasteiger partial charge is 0.0558 e. The predicted octanol–water partition coefficient (Wildman–Crippen LogP) is 0.300. The van der Waals surface area contributed by atoms with Gasteiger partial charge in [0.15, 0.2) is 0 Å². The van der Waals surface area contributed by atoms with Gasteiger partial charge in [-0.2, -0.15) is 0 Å². The highest BCUT2D eigenvalue weighted by Gasteiger charge is 2.22. The lowest BCUT2D eigenvalue weighted by molar-refractivity contribution is 0.157. The molecule has 1 fully saturated rings. The van der Waals surface area contributed by atoms with Gasteiger partial charge in [0, 0.05) is 56.6 Å². The lowest BCUT2D eigenvalue weighted by Crippen LogP contribution is -2.33. The van der Waals surface area contributed by atoms with E-state index in [0.29, 0.717) is 6.54 Å². The van der Waals surface area contributed by atoms with Gasteiger partial charge in [0.1, 0.15) is 0 Å². The summed E-state index contributed by atoms with van der Waals surface area (Å²) in [5.41, 5.74) is 8.92. The van der Waals surface area contributed by atoms with Crippen LogP contribution >= 0.6 is 0 Å².